The molecule has 0 aromatic heterocycles. The van der Waals surface area contributed by atoms with Crippen molar-refractivity contribution in [3.8, 4) is 5.75 Å². The van der Waals surface area contributed by atoms with Gasteiger partial charge >= 0.3 is 0 Å². The number of quaternary nitrogens is 1. The highest BCUT2D eigenvalue weighted by Gasteiger charge is 2.05. The molecule has 0 aliphatic heterocycles. The number of rotatable bonds is 10. The Bertz CT molecular complexity index is 435. The van der Waals surface area contributed by atoms with Crippen molar-refractivity contribution in [3.63, 3.8) is 0 Å². The van der Waals surface area contributed by atoms with Gasteiger partial charge in [0.1, 0.15) is 5.75 Å². The van der Waals surface area contributed by atoms with Crippen LogP contribution in [-0.4, -0.2) is 58.1 Å². The molecule has 0 bridgehead atoms. The predicted molar refractivity (Wildman–Crippen MR) is 94.8 cm³/mol. The van der Waals surface area contributed by atoms with E-state index in [4.69, 9.17) is 10.5 Å². The summed E-state index contributed by atoms with van der Waals surface area (Å²) in [6.07, 6.45) is 6.17. The molecule has 0 amide bonds. The van der Waals surface area contributed by atoms with Crippen LogP contribution >= 0.6 is 0 Å². The van der Waals surface area contributed by atoms with Crippen molar-refractivity contribution in [2.45, 2.75) is 31.7 Å². The van der Waals surface area contributed by atoms with Gasteiger partial charge in [0.25, 0.3) is 0 Å². The zero-order chi connectivity index (χ0) is 16.4. The zero-order valence-corrected chi connectivity index (χ0v) is 14.6. The lowest BCUT2D eigenvalue weighted by Gasteiger charge is -2.23. The fourth-order valence-electron chi connectivity index (χ4n) is 2.29. The van der Waals surface area contributed by atoms with Crippen LogP contribution in [0.5, 0.6) is 5.75 Å². The lowest BCUT2D eigenvalue weighted by Crippen LogP contribution is -2.35. The molecule has 0 saturated heterocycles. The van der Waals surface area contributed by atoms with E-state index in [1.54, 1.807) is 13.3 Å². The molecule has 0 spiro atoms. The number of hydrogen-bond acceptors (Lipinski definition) is 3. The van der Waals surface area contributed by atoms with Crippen LogP contribution in [0.2, 0.25) is 0 Å². The van der Waals surface area contributed by atoms with Crippen LogP contribution in [0.1, 0.15) is 24.8 Å². The molecule has 0 aliphatic rings. The topological polar surface area (TPSA) is 47.6 Å². The van der Waals surface area contributed by atoms with Crippen molar-refractivity contribution in [2.24, 2.45) is 10.7 Å². The average molecular weight is 306 g/mol. The lowest BCUT2D eigenvalue weighted by molar-refractivity contribution is -0.870. The van der Waals surface area contributed by atoms with Gasteiger partial charge in [-0.2, -0.15) is 0 Å². The summed E-state index contributed by atoms with van der Waals surface area (Å²) in [7, 11) is 8.44. The van der Waals surface area contributed by atoms with Gasteiger partial charge in [0, 0.05) is 19.3 Å². The summed E-state index contributed by atoms with van der Waals surface area (Å²) in [6, 6.07) is 8.19. The lowest BCUT2D eigenvalue weighted by atomic mass is 10.1. The number of unbranched alkanes of at least 4 members (excludes halogenated alkanes) is 2. The van der Waals surface area contributed by atoms with Crippen LogP contribution in [-0.2, 0) is 6.42 Å². The second-order valence-corrected chi connectivity index (χ2v) is 6.84. The van der Waals surface area contributed by atoms with Gasteiger partial charge in [-0.1, -0.05) is 12.1 Å². The first-order valence-electron chi connectivity index (χ1n) is 8.11. The maximum atomic E-state index is 5.93. The monoisotopic (exact) mass is 306 g/mol. The first-order chi connectivity index (χ1) is 10.4. The molecule has 1 unspecified atom stereocenters. The minimum absolute atomic E-state index is 0.0158. The first-order valence-corrected chi connectivity index (χ1v) is 8.11. The number of benzene rings is 1. The molecule has 0 heterocycles. The van der Waals surface area contributed by atoms with Gasteiger partial charge in [0.05, 0.1) is 34.3 Å². The SMILES string of the molecule is CN=CC(N)Cc1ccc(OCCCCC[N+](C)(C)C)cc1. The molecule has 0 aliphatic carbocycles. The van der Waals surface area contributed by atoms with E-state index >= 15 is 0 Å². The van der Waals surface area contributed by atoms with E-state index in [-0.39, 0.29) is 6.04 Å². The number of nitrogens with two attached hydrogens (primary N) is 1. The van der Waals surface area contributed by atoms with Gasteiger partial charge in [0.15, 0.2) is 0 Å². The maximum absolute atomic E-state index is 5.93. The highest BCUT2D eigenvalue weighted by atomic mass is 16.5. The number of hydrogen-bond donors (Lipinski definition) is 1. The van der Waals surface area contributed by atoms with Crippen LogP contribution in [0.25, 0.3) is 0 Å². The van der Waals surface area contributed by atoms with Crippen molar-refractivity contribution in [2.75, 3.05) is 41.3 Å². The fraction of sp³-hybridized carbons (Fsp3) is 0.611. The third-order valence-corrected chi connectivity index (χ3v) is 3.48. The highest BCUT2D eigenvalue weighted by Crippen LogP contribution is 2.14. The Morgan fingerprint density at radius 1 is 1.14 bits per heavy atom. The minimum atomic E-state index is -0.0158. The van der Waals surface area contributed by atoms with Crippen LogP contribution in [0.3, 0.4) is 0 Å². The molecule has 1 aromatic carbocycles. The Morgan fingerprint density at radius 2 is 1.82 bits per heavy atom. The van der Waals surface area contributed by atoms with E-state index in [2.05, 4.69) is 38.3 Å². The molecule has 0 saturated carbocycles. The Morgan fingerprint density at radius 3 is 2.41 bits per heavy atom. The molecule has 4 nitrogen and oxygen atoms in total. The second kappa shape index (κ2) is 9.59. The van der Waals surface area contributed by atoms with Crippen molar-refractivity contribution in [1.29, 1.82) is 0 Å². The van der Waals surface area contributed by atoms with E-state index in [1.807, 2.05) is 12.1 Å². The average Bonchev–Trinajstić information content (AvgIpc) is 2.43. The maximum Gasteiger partial charge on any atom is 0.119 e. The molecule has 0 fully saturated rings. The number of ether oxygens (including phenoxy) is 1. The van der Waals surface area contributed by atoms with Gasteiger partial charge in [-0.05, 0) is 43.4 Å². The van der Waals surface area contributed by atoms with Crippen molar-refractivity contribution < 1.29 is 9.22 Å². The predicted octanol–water partition coefficient (Wildman–Crippen LogP) is 2.51. The molecule has 22 heavy (non-hydrogen) atoms. The molecule has 1 rings (SSSR count). The summed E-state index contributed by atoms with van der Waals surface area (Å²) in [4.78, 5) is 3.95. The first kappa shape index (κ1) is 18.7. The molecule has 1 aromatic rings. The second-order valence-electron chi connectivity index (χ2n) is 6.84. The molecule has 0 radical (unpaired) electrons. The molecule has 124 valence electrons. The summed E-state index contributed by atoms with van der Waals surface area (Å²) in [5, 5.41) is 0. The Labute approximate surface area is 135 Å². The van der Waals surface area contributed by atoms with Crippen LogP contribution in [0.4, 0.5) is 0 Å². The highest BCUT2D eigenvalue weighted by molar-refractivity contribution is 5.64. The third-order valence-electron chi connectivity index (χ3n) is 3.48. The van der Waals surface area contributed by atoms with Crippen LogP contribution < -0.4 is 10.5 Å². The summed E-state index contributed by atoms with van der Waals surface area (Å²) in [5.41, 5.74) is 7.14. The largest absolute Gasteiger partial charge is 0.494 e. The van der Waals surface area contributed by atoms with Crippen molar-refractivity contribution in [1.82, 2.24) is 0 Å². The van der Waals surface area contributed by atoms with E-state index in [0.717, 1.165) is 29.7 Å². The number of aliphatic imine (C=N–C) groups is 1. The van der Waals surface area contributed by atoms with Crippen LogP contribution in [0.15, 0.2) is 29.3 Å². The quantitative estimate of drug-likeness (QED) is 0.410. The standard InChI is InChI=1S/C18H32N3O/c1-20-15-17(19)14-16-8-10-18(11-9-16)22-13-7-5-6-12-21(2,3)4/h8-11,15,17H,5-7,12-14,19H2,1-4H3/q+1. The Kier molecular flexibility index (Phi) is 8.13. The van der Waals surface area contributed by atoms with E-state index in [0.29, 0.717) is 0 Å². The summed E-state index contributed by atoms with van der Waals surface area (Å²) in [5.74, 6) is 0.938. The molecule has 1 atom stereocenters. The van der Waals surface area contributed by atoms with Crippen molar-refractivity contribution in [3.05, 3.63) is 29.8 Å². The zero-order valence-electron chi connectivity index (χ0n) is 14.6. The molecular formula is C18H32N3O+. The Balaban J connectivity index is 2.22. The van der Waals surface area contributed by atoms with E-state index < -0.39 is 0 Å². The van der Waals surface area contributed by atoms with Crippen molar-refractivity contribution >= 4 is 6.21 Å². The molecule has 2 N–H and O–H groups in total. The van der Waals surface area contributed by atoms with Gasteiger partial charge < -0.3 is 15.0 Å². The fourth-order valence-corrected chi connectivity index (χ4v) is 2.29. The Hall–Kier alpha value is -1.39. The summed E-state index contributed by atoms with van der Waals surface area (Å²) < 4.78 is 6.82. The van der Waals surface area contributed by atoms with Gasteiger partial charge in [0.2, 0.25) is 0 Å². The normalized spacial score (nSPS) is 13.5. The van der Waals surface area contributed by atoms with Gasteiger partial charge in [-0.25, -0.2) is 0 Å². The van der Waals surface area contributed by atoms with E-state index in [9.17, 15) is 0 Å². The smallest absolute Gasteiger partial charge is 0.119 e. The van der Waals surface area contributed by atoms with E-state index in [1.165, 1.54) is 24.9 Å². The van der Waals surface area contributed by atoms with Crippen LogP contribution in [0, 0.1) is 0 Å². The molecule has 4 heteroatoms. The number of nitrogens with zero attached hydrogens (tertiary/aromatic N) is 2. The minimum Gasteiger partial charge on any atom is -0.494 e. The van der Waals surface area contributed by atoms with Gasteiger partial charge in [-0.3, -0.25) is 4.99 Å². The molecular weight excluding hydrogens is 274 g/mol. The summed E-state index contributed by atoms with van der Waals surface area (Å²) >= 11 is 0. The summed E-state index contributed by atoms with van der Waals surface area (Å²) in [6.45, 7) is 2.01. The van der Waals surface area contributed by atoms with Gasteiger partial charge in [-0.15, -0.1) is 0 Å². The third kappa shape index (κ3) is 8.80.